The van der Waals surface area contributed by atoms with Crippen LogP contribution in [0.2, 0.25) is 0 Å². The molecular weight excluding hydrogens is 620 g/mol. The average Bonchev–Trinajstić information content (AvgIpc) is 3.71. The lowest BCUT2D eigenvalue weighted by Gasteiger charge is -2.33. The minimum atomic E-state index is 0.313. The van der Waals surface area contributed by atoms with E-state index in [2.05, 4.69) is 21.9 Å². The van der Waals surface area contributed by atoms with Gasteiger partial charge in [0.1, 0.15) is 13.5 Å². The average molecular weight is 667 g/mol. The summed E-state index contributed by atoms with van der Waals surface area (Å²) in [4.78, 5) is 4.83. The van der Waals surface area contributed by atoms with Crippen LogP contribution in [-0.2, 0) is 36.0 Å². The van der Waals surface area contributed by atoms with Crippen LogP contribution in [0.15, 0.2) is 36.4 Å². The van der Waals surface area contributed by atoms with Crippen molar-refractivity contribution in [3.63, 3.8) is 0 Å². The van der Waals surface area contributed by atoms with Crippen LogP contribution in [-0.4, -0.2) is 112 Å². The fourth-order valence-electron chi connectivity index (χ4n) is 6.02. The molecule has 260 valence electrons. The molecule has 0 N–H and O–H groups in total. The largest absolute Gasteiger partial charge is 0.493 e. The molecule has 0 unspecified atom stereocenters. The molecule has 2 aromatic carbocycles. The Bertz CT molecular complexity index is 1490. The maximum atomic E-state index is 5.59. The quantitative estimate of drug-likeness (QED) is 0.172. The van der Waals surface area contributed by atoms with Gasteiger partial charge in [0.2, 0.25) is 11.5 Å². The highest BCUT2D eigenvalue weighted by molar-refractivity contribution is 5.70. The van der Waals surface area contributed by atoms with Gasteiger partial charge >= 0.3 is 0 Å². The van der Waals surface area contributed by atoms with Crippen molar-refractivity contribution >= 4 is 0 Å². The number of benzene rings is 2. The number of ether oxygens (including phenoxy) is 8. The molecule has 2 aromatic heterocycles. The fourth-order valence-corrected chi connectivity index (χ4v) is 6.02. The maximum absolute atomic E-state index is 5.59. The van der Waals surface area contributed by atoms with E-state index in [-0.39, 0.29) is 0 Å². The van der Waals surface area contributed by atoms with Gasteiger partial charge in [-0.15, -0.1) is 0 Å². The van der Waals surface area contributed by atoms with Crippen molar-refractivity contribution in [3.05, 3.63) is 47.8 Å². The zero-order valence-electron chi connectivity index (χ0n) is 29.1. The molecular formula is C34H46N6O8. The first-order valence-electron chi connectivity index (χ1n) is 15.6. The van der Waals surface area contributed by atoms with Crippen LogP contribution in [0.5, 0.6) is 34.5 Å². The molecule has 3 heterocycles. The van der Waals surface area contributed by atoms with Crippen molar-refractivity contribution in [3.8, 4) is 57.0 Å². The molecule has 0 bridgehead atoms. The first-order chi connectivity index (χ1) is 23.4. The Balaban J connectivity index is 1.28. The number of hydrogen-bond acceptors (Lipinski definition) is 12. The molecule has 1 saturated heterocycles. The molecule has 14 heteroatoms. The second kappa shape index (κ2) is 16.1. The first kappa shape index (κ1) is 34.8. The molecule has 0 atom stereocenters. The molecule has 5 rings (SSSR count). The lowest BCUT2D eigenvalue weighted by atomic mass is 10.1. The molecule has 14 nitrogen and oxygen atoms in total. The molecule has 0 amide bonds. The highest BCUT2D eigenvalue weighted by Gasteiger charge is 2.23. The Kier molecular flexibility index (Phi) is 11.7. The third-order valence-electron chi connectivity index (χ3n) is 8.32. The van der Waals surface area contributed by atoms with Crippen molar-refractivity contribution in [1.82, 2.24) is 29.4 Å². The number of rotatable bonds is 16. The Morgan fingerprint density at radius 1 is 0.479 bits per heavy atom. The zero-order valence-corrected chi connectivity index (χ0v) is 29.1. The van der Waals surface area contributed by atoms with E-state index in [1.807, 2.05) is 33.6 Å². The number of hydrogen-bond donors (Lipinski definition) is 0. The number of piperazine rings is 1. The predicted molar refractivity (Wildman–Crippen MR) is 179 cm³/mol. The van der Waals surface area contributed by atoms with Gasteiger partial charge < -0.3 is 37.9 Å². The number of nitrogens with zero attached hydrogens (tertiary/aromatic N) is 6. The topological polar surface area (TPSA) is 116 Å². The van der Waals surface area contributed by atoms with E-state index in [0.29, 0.717) is 48.0 Å². The van der Waals surface area contributed by atoms with E-state index in [1.165, 1.54) is 0 Å². The summed E-state index contributed by atoms with van der Waals surface area (Å²) >= 11 is 0. The maximum Gasteiger partial charge on any atom is 0.203 e. The molecule has 0 radical (unpaired) electrons. The van der Waals surface area contributed by atoms with E-state index in [1.54, 1.807) is 56.9 Å². The van der Waals surface area contributed by atoms with Gasteiger partial charge in [0, 0.05) is 64.6 Å². The van der Waals surface area contributed by atoms with Gasteiger partial charge in [-0.2, -0.15) is 10.2 Å². The van der Waals surface area contributed by atoms with Crippen molar-refractivity contribution in [1.29, 1.82) is 0 Å². The summed E-state index contributed by atoms with van der Waals surface area (Å²) in [6.07, 6.45) is 0. The monoisotopic (exact) mass is 666 g/mol. The lowest BCUT2D eigenvalue weighted by molar-refractivity contribution is 0.111. The minimum Gasteiger partial charge on any atom is -0.493 e. The van der Waals surface area contributed by atoms with Crippen LogP contribution in [0.1, 0.15) is 11.4 Å². The molecule has 4 aromatic rings. The minimum absolute atomic E-state index is 0.313. The van der Waals surface area contributed by atoms with Crippen molar-refractivity contribution < 1.29 is 37.9 Å². The Morgan fingerprint density at radius 3 is 1.08 bits per heavy atom. The van der Waals surface area contributed by atoms with E-state index in [0.717, 1.165) is 73.2 Å². The van der Waals surface area contributed by atoms with E-state index in [4.69, 9.17) is 48.1 Å². The fraction of sp³-hybridized carbons (Fsp3) is 0.471. The molecule has 0 saturated carbocycles. The summed E-state index contributed by atoms with van der Waals surface area (Å²) in [5, 5.41) is 9.76. The summed E-state index contributed by atoms with van der Waals surface area (Å²) in [5.74, 6) is 3.41. The SMILES string of the molecule is COCn1nc(CN2CCN(Cc3cc(-c4cc(OC)c(OC)c(OC)c4)n(COC)n3)CC2)cc1-c1cc(OC)c(OC)c(OC)c1. The Labute approximate surface area is 281 Å². The summed E-state index contributed by atoms with van der Waals surface area (Å²) in [6.45, 7) is 5.65. The normalized spacial score (nSPS) is 13.8. The van der Waals surface area contributed by atoms with Crippen LogP contribution in [0, 0.1) is 0 Å². The molecule has 48 heavy (non-hydrogen) atoms. The van der Waals surface area contributed by atoms with Crippen LogP contribution in [0.25, 0.3) is 22.5 Å². The smallest absolute Gasteiger partial charge is 0.203 e. The Hall–Kier alpha value is -4.50. The van der Waals surface area contributed by atoms with E-state index in [9.17, 15) is 0 Å². The van der Waals surface area contributed by atoms with E-state index < -0.39 is 0 Å². The molecule has 1 aliphatic heterocycles. The molecule has 0 spiro atoms. The van der Waals surface area contributed by atoms with Gasteiger partial charge in [0.15, 0.2) is 23.0 Å². The van der Waals surface area contributed by atoms with Crippen molar-refractivity contribution in [2.75, 3.05) is 83.1 Å². The van der Waals surface area contributed by atoms with Crippen LogP contribution in [0.4, 0.5) is 0 Å². The molecule has 0 aliphatic carbocycles. The van der Waals surface area contributed by atoms with Gasteiger partial charge in [-0.3, -0.25) is 9.80 Å². The second-order valence-corrected chi connectivity index (χ2v) is 11.3. The Morgan fingerprint density at radius 2 is 0.812 bits per heavy atom. The van der Waals surface area contributed by atoms with Crippen LogP contribution in [0.3, 0.4) is 0 Å². The van der Waals surface area contributed by atoms with Crippen LogP contribution < -0.4 is 28.4 Å². The highest BCUT2D eigenvalue weighted by atomic mass is 16.5. The standard InChI is InChI=1S/C34H46N6O8/c1-41-21-39-27(23-13-29(43-3)33(47-7)30(14-23)44-4)17-25(35-39)19-37-9-11-38(12-10-37)20-26-18-28(40(36-26)22-42-2)24-15-31(45-5)34(48-8)32(16-24)46-6/h13-18H,9-12,19-22H2,1-8H3. The molecule has 1 aliphatic rings. The highest BCUT2D eigenvalue weighted by Crippen LogP contribution is 2.42. The second-order valence-electron chi connectivity index (χ2n) is 11.3. The third kappa shape index (κ3) is 7.46. The third-order valence-corrected chi connectivity index (χ3v) is 8.32. The predicted octanol–water partition coefficient (Wildman–Crippen LogP) is 3.99. The lowest BCUT2D eigenvalue weighted by Crippen LogP contribution is -2.45. The first-order valence-corrected chi connectivity index (χ1v) is 15.6. The summed E-state index contributed by atoms with van der Waals surface area (Å²) in [6, 6.07) is 11.9. The summed E-state index contributed by atoms with van der Waals surface area (Å²) in [7, 11) is 12.9. The summed E-state index contributed by atoms with van der Waals surface area (Å²) in [5.41, 5.74) is 5.50. The van der Waals surface area contributed by atoms with Crippen LogP contribution >= 0.6 is 0 Å². The number of aromatic nitrogens is 4. The van der Waals surface area contributed by atoms with E-state index >= 15 is 0 Å². The van der Waals surface area contributed by atoms with Gasteiger partial charge in [0.25, 0.3) is 0 Å². The summed E-state index contributed by atoms with van der Waals surface area (Å²) < 4.78 is 48.0. The van der Waals surface area contributed by atoms with Crippen molar-refractivity contribution in [2.24, 2.45) is 0 Å². The van der Waals surface area contributed by atoms with Gasteiger partial charge in [-0.1, -0.05) is 0 Å². The van der Waals surface area contributed by atoms with Crippen molar-refractivity contribution in [2.45, 2.75) is 26.6 Å². The van der Waals surface area contributed by atoms with Gasteiger partial charge in [0.05, 0.1) is 65.4 Å². The zero-order chi connectivity index (χ0) is 34.2. The van der Waals surface area contributed by atoms with Gasteiger partial charge in [-0.05, 0) is 36.4 Å². The molecule has 1 fully saturated rings. The number of methoxy groups -OCH3 is 8. The van der Waals surface area contributed by atoms with Gasteiger partial charge in [-0.25, -0.2) is 9.36 Å².